The number of nitrogens with two attached hydrogens (primary N) is 1. The van der Waals surface area contributed by atoms with Gasteiger partial charge in [0.2, 0.25) is 0 Å². The normalized spacial score (nSPS) is 11.2. The molecular weight excluding hydrogens is 214 g/mol. The van der Waals surface area contributed by atoms with Crippen molar-refractivity contribution in [3.63, 3.8) is 0 Å². The Kier molecular flexibility index (Phi) is 2.34. The van der Waals surface area contributed by atoms with Gasteiger partial charge in [-0.15, -0.1) is 11.3 Å². The predicted molar refractivity (Wildman–Crippen MR) is 58.5 cm³/mol. The van der Waals surface area contributed by atoms with E-state index in [2.05, 4.69) is 9.97 Å². The standard InChI is InChI=1S/C9H7N3O2S/c10-9-8-6(11-4-12-9)3-5(15-8)1-2-7(13)14/h1-4H,(H,13,14)(H2,10,11,12). The fourth-order valence-corrected chi connectivity index (χ4v) is 2.04. The largest absolute Gasteiger partial charge is 0.478 e. The van der Waals surface area contributed by atoms with Crippen LogP contribution in [0.4, 0.5) is 5.82 Å². The molecule has 0 aliphatic heterocycles. The molecule has 0 fully saturated rings. The Labute approximate surface area is 88.9 Å². The lowest BCUT2D eigenvalue weighted by Crippen LogP contribution is -1.89. The average Bonchev–Trinajstić information content (AvgIpc) is 2.59. The van der Waals surface area contributed by atoms with Crippen molar-refractivity contribution in [1.29, 1.82) is 0 Å². The fraction of sp³-hybridized carbons (Fsp3) is 0. The Morgan fingerprint density at radius 1 is 1.53 bits per heavy atom. The number of fused-ring (bicyclic) bond motifs is 1. The molecule has 76 valence electrons. The van der Waals surface area contributed by atoms with E-state index in [1.807, 2.05) is 0 Å². The number of aromatic nitrogens is 2. The van der Waals surface area contributed by atoms with Crippen LogP contribution >= 0.6 is 11.3 Å². The van der Waals surface area contributed by atoms with Gasteiger partial charge in [0.15, 0.2) is 0 Å². The molecule has 2 heterocycles. The summed E-state index contributed by atoms with van der Waals surface area (Å²) in [6.07, 6.45) is 3.97. The summed E-state index contributed by atoms with van der Waals surface area (Å²) in [7, 11) is 0. The molecule has 0 aliphatic carbocycles. The summed E-state index contributed by atoms with van der Waals surface area (Å²) in [4.78, 5) is 19.0. The molecule has 0 unspecified atom stereocenters. The van der Waals surface area contributed by atoms with Gasteiger partial charge in [0, 0.05) is 11.0 Å². The SMILES string of the molecule is Nc1ncnc2cc(C=CC(=O)O)sc12. The van der Waals surface area contributed by atoms with Crippen LogP contribution in [0, 0.1) is 0 Å². The van der Waals surface area contributed by atoms with E-state index in [1.165, 1.54) is 23.7 Å². The van der Waals surface area contributed by atoms with Gasteiger partial charge in [-0.2, -0.15) is 0 Å². The molecule has 0 aromatic carbocycles. The summed E-state index contributed by atoms with van der Waals surface area (Å²) < 4.78 is 0.780. The highest BCUT2D eigenvalue weighted by atomic mass is 32.1. The van der Waals surface area contributed by atoms with Crippen molar-refractivity contribution in [3.8, 4) is 0 Å². The first-order valence-corrected chi connectivity index (χ1v) is 4.89. The number of thiophene rings is 1. The number of carboxylic acids is 1. The molecule has 2 aromatic rings. The van der Waals surface area contributed by atoms with Crippen LogP contribution in [0.15, 0.2) is 18.5 Å². The Morgan fingerprint density at radius 3 is 3.00 bits per heavy atom. The highest BCUT2D eigenvalue weighted by Gasteiger charge is 2.04. The molecule has 5 nitrogen and oxygen atoms in total. The molecule has 2 aromatic heterocycles. The molecule has 15 heavy (non-hydrogen) atoms. The van der Waals surface area contributed by atoms with E-state index in [1.54, 1.807) is 6.07 Å². The van der Waals surface area contributed by atoms with E-state index >= 15 is 0 Å². The van der Waals surface area contributed by atoms with E-state index in [4.69, 9.17) is 10.8 Å². The quantitative estimate of drug-likeness (QED) is 0.747. The molecule has 3 N–H and O–H groups in total. The van der Waals surface area contributed by atoms with E-state index in [-0.39, 0.29) is 0 Å². The minimum Gasteiger partial charge on any atom is -0.478 e. The lowest BCUT2D eigenvalue weighted by Gasteiger charge is -1.90. The zero-order valence-corrected chi connectivity index (χ0v) is 8.36. The van der Waals surface area contributed by atoms with E-state index in [9.17, 15) is 4.79 Å². The van der Waals surface area contributed by atoms with Crippen LogP contribution in [-0.4, -0.2) is 21.0 Å². The van der Waals surface area contributed by atoms with Crippen LogP contribution < -0.4 is 5.73 Å². The average molecular weight is 221 g/mol. The lowest BCUT2D eigenvalue weighted by molar-refractivity contribution is -0.131. The van der Waals surface area contributed by atoms with Gasteiger partial charge in [-0.25, -0.2) is 14.8 Å². The Hall–Kier alpha value is -1.95. The van der Waals surface area contributed by atoms with Gasteiger partial charge in [0.1, 0.15) is 12.1 Å². The van der Waals surface area contributed by atoms with Gasteiger partial charge in [-0.3, -0.25) is 0 Å². The van der Waals surface area contributed by atoms with E-state index in [0.717, 1.165) is 21.2 Å². The first kappa shape index (κ1) is 9.60. The summed E-state index contributed by atoms with van der Waals surface area (Å²) in [5, 5.41) is 8.47. The maximum absolute atomic E-state index is 10.3. The van der Waals surface area contributed by atoms with Gasteiger partial charge >= 0.3 is 5.97 Å². The molecule has 0 saturated heterocycles. The number of carbonyl (C=O) groups is 1. The highest BCUT2D eigenvalue weighted by molar-refractivity contribution is 7.20. The summed E-state index contributed by atoms with van der Waals surface area (Å²) >= 11 is 1.37. The number of nitrogen functional groups attached to an aromatic ring is 1. The van der Waals surface area contributed by atoms with Crippen molar-refractivity contribution in [2.75, 3.05) is 5.73 Å². The molecule has 0 spiro atoms. The number of aliphatic carboxylic acids is 1. The van der Waals surface area contributed by atoms with Crippen LogP contribution in [0.3, 0.4) is 0 Å². The summed E-state index contributed by atoms with van der Waals surface area (Å²) in [5.74, 6) is -0.563. The first-order valence-electron chi connectivity index (χ1n) is 4.08. The number of nitrogens with zero attached hydrogens (tertiary/aromatic N) is 2. The molecule has 0 radical (unpaired) electrons. The number of hydrogen-bond donors (Lipinski definition) is 2. The van der Waals surface area contributed by atoms with Crippen LogP contribution in [-0.2, 0) is 4.79 Å². The molecule has 6 heteroatoms. The van der Waals surface area contributed by atoms with Gasteiger partial charge in [-0.05, 0) is 12.1 Å². The number of carboxylic acid groups (broad SMARTS) is 1. The van der Waals surface area contributed by atoms with Crippen LogP contribution in [0.25, 0.3) is 16.3 Å². The molecule has 2 rings (SSSR count). The van der Waals surface area contributed by atoms with Gasteiger partial charge < -0.3 is 10.8 Å². The second-order valence-corrected chi connectivity index (χ2v) is 3.88. The molecule has 0 atom stereocenters. The van der Waals surface area contributed by atoms with E-state index < -0.39 is 5.97 Å². The second kappa shape index (κ2) is 3.66. The van der Waals surface area contributed by atoms with Gasteiger partial charge in [-0.1, -0.05) is 0 Å². The minimum atomic E-state index is -0.980. The van der Waals surface area contributed by atoms with Gasteiger partial charge in [0.05, 0.1) is 10.2 Å². The van der Waals surface area contributed by atoms with Crippen LogP contribution in [0.1, 0.15) is 4.88 Å². The first-order chi connectivity index (χ1) is 7.16. The minimum absolute atomic E-state index is 0.417. The number of anilines is 1. The number of rotatable bonds is 2. The zero-order valence-electron chi connectivity index (χ0n) is 7.54. The smallest absolute Gasteiger partial charge is 0.328 e. The fourth-order valence-electron chi connectivity index (χ4n) is 1.13. The lowest BCUT2D eigenvalue weighted by atomic mass is 10.3. The second-order valence-electron chi connectivity index (χ2n) is 2.79. The van der Waals surface area contributed by atoms with Crippen LogP contribution in [0.2, 0.25) is 0 Å². The van der Waals surface area contributed by atoms with Crippen molar-refractivity contribution in [1.82, 2.24) is 9.97 Å². The van der Waals surface area contributed by atoms with Crippen molar-refractivity contribution < 1.29 is 9.90 Å². The summed E-state index contributed by atoms with van der Waals surface area (Å²) in [5.41, 5.74) is 6.38. The monoisotopic (exact) mass is 221 g/mol. The Bertz CT molecular complexity index is 547. The summed E-state index contributed by atoms with van der Waals surface area (Å²) in [6, 6.07) is 1.78. The van der Waals surface area contributed by atoms with Crippen molar-refractivity contribution in [2.24, 2.45) is 0 Å². The van der Waals surface area contributed by atoms with Crippen LogP contribution in [0.5, 0.6) is 0 Å². The molecule has 0 saturated carbocycles. The maximum atomic E-state index is 10.3. The number of hydrogen-bond acceptors (Lipinski definition) is 5. The molecule has 0 bridgehead atoms. The van der Waals surface area contributed by atoms with Crippen molar-refractivity contribution in [2.45, 2.75) is 0 Å². The molecule has 0 amide bonds. The third kappa shape index (κ3) is 1.94. The topological polar surface area (TPSA) is 89.1 Å². The van der Waals surface area contributed by atoms with Gasteiger partial charge in [0.25, 0.3) is 0 Å². The van der Waals surface area contributed by atoms with E-state index in [0.29, 0.717) is 5.82 Å². The highest BCUT2D eigenvalue weighted by Crippen LogP contribution is 2.27. The third-order valence-electron chi connectivity index (χ3n) is 1.75. The third-order valence-corrected chi connectivity index (χ3v) is 2.86. The molecule has 0 aliphatic rings. The zero-order chi connectivity index (χ0) is 10.8. The Morgan fingerprint density at radius 2 is 2.33 bits per heavy atom. The van der Waals surface area contributed by atoms with Crippen molar-refractivity contribution in [3.05, 3.63) is 23.3 Å². The Balaban J connectivity index is 2.48. The van der Waals surface area contributed by atoms with Crippen molar-refractivity contribution >= 4 is 39.4 Å². The molecular formula is C9H7N3O2S. The maximum Gasteiger partial charge on any atom is 0.328 e. The predicted octanol–water partition coefficient (Wildman–Crippen LogP) is 1.37. The summed E-state index contributed by atoms with van der Waals surface area (Å²) in [6.45, 7) is 0.